The molecule has 0 spiro atoms. The third-order valence-electron chi connectivity index (χ3n) is 4.42. The summed E-state index contributed by atoms with van der Waals surface area (Å²) in [6.45, 7) is 9.93. The maximum atomic E-state index is 6.16. The molecule has 1 aromatic heterocycles. The Morgan fingerprint density at radius 3 is 2.89 bits per heavy atom. The van der Waals surface area contributed by atoms with E-state index in [1.807, 2.05) is 0 Å². The second-order valence-electron chi connectivity index (χ2n) is 6.19. The third kappa shape index (κ3) is 1.88. The van der Waals surface area contributed by atoms with Crippen LogP contribution < -0.4 is 5.73 Å². The summed E-state index contributed by atoms with van der Waals surface area (Å²) in [5.74, 6) is 1.78. The molecule has 18 heavy (non-hydrogen) atoms. The van der Waals surface area contributed by atoms with Crippen LogP contribution in [-0.2, 0) is 19.5 Å². The highest BCUT2D eigenvalue weighted by atomic mass is 15.2. The minimum Gasteiger partial charge on any atom is -0.329 e. The zero-order chi connectivity index (χ0) is 12.9. The molecule has 0 fully saturated rings. The molecular weight excluding hydrogens is 224 g/mol. The molecule has 0 aliphatic carbocycles. The first-order valence-corrected chi connectivity index (χ1v) is 7.14. The molecule has 0 aromatic carbocycles. The Bertz CT molecular complexity index is 449. The van der Waals surface area contributed by atoms with Crippen LogP contribution in [0.15, 0.2) is 0 Å². The molecule has 2 N–H and O–H groups in total. The van der Waals surface area contributed by atoms with Crippen LogP contribution in [0.25, 0.3) is 0 Å². The first kappa shape index (κ1) is 12.2. The van der Waals surface area contributed by atoms with Gasteiger partial charge in [0.15, 0.2) is 0 Å². The van der Waals surface area contributed by atoms with E-state index in [2.05, 4.69) is 30.2 Å². The molecular formula is C14H24N4. The lowest BCUT2D eigenvalue weighted by atomic mass is 9.97. The molecule has 3 rings (SSSR count). The van der Waals surface area contributed by atoms with Crippen molar-refractivity contribution in [3.05, 3.63) is 17.2 Å². The van der Waals surface area contributed by atoms with Crippen LogP contribution in [0.2, 0.25) is 0 Å². The number of nitrogens with two attached hydrogens (primary N) is 1. The quantitative estimate of drug-likeness (QED) is 0.819. The van der Waals surface area contributed by atoms with E-state index >= 15 is 0 Å². The standard InChI is InChI=1S/C14H24N4/c1-9(2)17-5-4-12-13(8-17)18-7-11(15)6-10(3)14(18)16-12/h9-11H,4-8,15H2,1-3H3. The van der Waals surface area contributed by atoms with Gasteiger partial charge in [0.05, 0.1) is 11.4 Å². The van der Waals surface area contributed by atoms with E-state index in [0.29, 0.717) is 18.0 Å². The van der Waals surface area contributed by atoms with Crippen LogP contribution >= 0.6 is 0 Å². The van der Waals surface area contributed by atoms with Crippen molar-refractivity contribution in [2.45, 2.75) is 64.7 Å². The summed E-state index contributed by atoms with van der Waals surface area (Å²) in [4.78, 5) is 7.41. The molecule has 2 aliphatic rings. The Kier molecular flexibility index (Phi) is 2.94. The lowest BCUT2D eigenvalue weighted by Gasteiger charge is -2.32. The zero-order valence-corrected chi connectivity index (χ0v) is 11.7. The summed E-state index contributed by atoms with van der Waals surface area (Å²) in [5.41, 5.74) is 8.91. The van der Waals surface area contributed by atoms with Gasteiger partial charge in [-0.1, -0.05) is 6.92 Å². The Hall–Kier alpha value is -0.870. The van der Waals surface area contributed by atoms with Crippen LogP contribution in [0, 0.1) is 0 Å². The monoisotopic (exact) mass is 248 g/mol. The Labute approximate surface area is 109 Å². The van der Waals surface area contributed by atoms with E-state index in [1.54, 1.807) is 0 Å². The van der Waals surface area contributed by atoms with Crippen LogP contribution in [0.1, 0.15) is 50.3 Å². The van der Waals surface area contributed by atoms with E-state index in [-0.39, 0.29) is 0 Å². The maximum absolute atomic E-state index is 6.16. The zero-order valence-electron chi connectivity index (χ0n) is 11.7. The molecule has 2 atom stereocenters. The van der Waals surface area contributed by atoms with E-state index in [0.717, 1.165) is 32.5 Å². The molecule has 100 valence electrons. The molecule has 4 heteroatoms. The van der Waals surface area contributed by atoms with E-state index < -0.39 is 0 Å². The van der Waals surface area contributed by atoms with Gasteiger partial charge in [0.2, 0.25) is 0 Å². The number of rotatable bonds is 1. The van der Waals surface area contributed by atoms with Gasteiger partial charge in [-0.05, 0) is 20.3 Å². The van der Waals surface area contributed by atoms with Gasteiger partial charge < -0.3 is 10.3 Å². The van der Waals surface area contributed by atoms with Gasteiger partial charge >= 0.3 is 0 Å². The first-order valence-electron chi connectivity index (χ1n) is 7.14. The van der Waals surface area contributed by atoms with Crippen molar-refractivity contribution in [3.63, 3.8) is 0 Å². The molecule has 0 saturated heterocycles. The number of fused-ring (bicyclic) bond motifs is 3. The summed E-state index contributed by atoms with van der Waals surface area (Å²) in [5, 5.41) is 0. The molecule has 4 nitrogen and oxygen atoms in total. The predicted molar refractivity (Wildman–Crippen MR) is 72.5 cm³/mol. The van der Waals surface area contributed by atoms with Gasteiger partial charge in [-0.15, -0.1) is 0 Å². The number of aromatic nitrogens is 2. The highest BCUT2D eigenvalue weighted by Gasteiger charge is 2.30. The normalized spacial score (nSPS) is 28.3. The molecule has 0 amide bonds. The molecule has 0 saturated carbocycles. The van der Waals surface area contributed by atoms with Gasteiger partial charge in [0, 0.05) is 44.1 Å². The van der Waals surface area contributed by atoms with Crippen molar-refractivity contribution in [1.29, 1.82) is 0 Å². The lowest BCUT2D eigenvalue weighted by molar-refractivity contribution is 0.195. The number of nitrogens with zero attached hydrogens (tertiary/aromatic N) is 3. The topological polar surface area (TPSA) is 47.1 Å². The minimum absolute atomic E-state index is 0.292. The van der Waals surface area contributed by atoms with Gasteiger partial charge in [0.25, 0.3) is 0 Å². The second-order valence-corrected chi connectivity index (χ2v) is 6.19. The summed E-state index contributed by atoms with van der Waals surface area (Å²) in [6.07, 6.45) is 2.17. The largest absolute Gasteiger partial charge is 0.329 e. The Morgan fingerprint density at radius 1 is 1.39 bits per heavy atom. The molecule has 0 radical (unpaired) electrons. The summed E-state index contributed by atoms with van der Waals surface area (Å²) >= 11 is 0. The van der Waals surface area contributed by atoms with Gasteiger partial charge in [-0.3, -0.25) is 4.90 Å². The van der Waals surface area contributed by atoms with Crippen LogP contribution in [0.5, 0.6) is 0 Å². The number of imidazole rings is 1. The van der Waals surface area contributed by atoms with Crippen LogP contribution in [0.3, 0.4) is 0 Å². The SMILES string of the molecule is CC1CC(N)Cn2c1nc1c2CN(C(C)C)CC1. The third-order valence-corrected chi connectivity index (χ3v) is 4.42. The van der Waals surface area contributed by atoms with Crippen molar-refractivity contribution in [1.82, 2.24) is 14.5 Å². The van der Waals surface area contributed by atoms with Gasteiger partial charge in [-0.25, -0.2) is 4.98 Å². The van der Waals surface area contributed by atoms with Crippen LogP contribution in [0.4, 0.5) is 0 Å². The highest BCUT2D eigenvalue weighted by Crippen LogP contribution is 2.31. The predicted octanol–water partition coefficient (Wildman–Crippen LogP) is 1.48. The average molecular weight is 248 g/mol. The van der Waals surface area contributed by atoms with Gasteiger partial charge in [0.1, 0.15) is 5.82 Å². The van der Waals surface area contributed by atoms with E-state index in [1.165, 1.54) is 17.2 Å². The van der Waals surface area contributed by atoms with E-state index in [9.17, 15) is 0 Å². The summed E-state index contributed by atoms with van der Waals surface area (Å²) < 4.78 is 2.41. The minimum atomic E-state index is 0.292. The summed E-state index contributed by atoms with van der Waals surface area (Å²) in [6, 6.07) is 0.902. The molecule has 0 bridgehead atoms. The van der Waals surface area contributed by atoms with Crippen LogP contribution in [-0.4, -0.2) is 33.1 Å². The molecule has 2 aliphatic heterocycles. The number of hydrogen-bond donors (Lipinski definition) is 1. The fourth-order valence-corrected chi connectivity index (χ4v) is 3.34. The van der Waals surface area contributed by atoms with Crippen molar-refractivity contribution in [3.8, 4) is 0 Å². The Balaban J connectivity index is 1.97. The van der Waals surface area contributed by atoms with E-state index in [4.69, 9.17) is 10.7 Å². The molecule has 3 heterocycles. The Morgan fingerprint density at radius 2 is 2.17 bits per heavy atom. The van der Waals surface area contributed by atoms with Crippen molar-refractivity contribution in [2.75, 3.05) is 6.54 Å². The number of hydrogen-bond acceptors (Lipinski definition) is 3. The van der Waals surface area contributed by atoms with Gasteiger partial charge in [-0.2, -0.15) is 0 Å². The molecule has 2 unspecified atom stereocenters. The van der Waals surface area contributed by atoms with Crippen molar-refractivity contribution in [2.24, 2.45) is 5.73 Å². The lowest BCUT2D eigenvalue weighted by Crippen LogP contribution is -2.39. The second kappa shape index (κ2) is 4.35. The average Bonchev–Trinajstić information content (AvgIpc) is 2.67. The highest BCUT2D eigenvalue weighted by molar-refractivity contribution is 5.24. The van der Waals surface area contributed by atoms with Crippen molar-refractivity contribution < 1.29 is 0 Å². The van der Waals surface area contributed by atoms with Crippen molar-refractivity contribution >= 4 is 0 Å². The fourth-order valence-electron chi connectivity index (χ4n) is 3.34. The maximum Gasteiger partial charge on any atom is 0.112 e. The first-order chi connectivity index (χ1) is 8.56. The molecule has 1 aromatic rings. The smallest absolute Gasteiger partial charge is 0.112 e. The summed E-state index contributed by atoms with van der Waals surface area (Å²) in [7, 11) is 0. The fraction of sp³-hybridized carbons (Fsp3) is 0.786.